The molecular weight excluding hydrogens is 504 g/mol. The van der Waals surface area contributed by atoms with E-state index < -0.39 is 0 Å². The molecule has 1 saturated carbocycles. The summed E-state index contributed by atoms with van der Waals surface area (Å²) in [5, 5.41) is 0. The first-order valence-electron chi connectivity index (χ1n) is 18.2. The van der Waals surface area contributed by atoms with Gasteiger partial charge >= 0.3 is 0 Å². The van der Waals surface area contributed by atoms with Gasteiger partial charge in [0, 0.05) is 95.7 Å². The number of piperazine rings is 2. The smallest absolute Gasteiger partial charge is 0.0244 e. The molecule has 41 heavy (non-hydrogen) atoms. The van der Waals surface area contributed by atoms with Gasteiger partial charge in [0.05, 0.1) is 0 Å². The van der Waals surface area contributed by atoms with Gasteiger partial charge in [0.1, 0.15) is 0 Å². The number of rotatable bonds is 10. The normalized spacial score (nSPS) is 35.9. The summed E-state index contributed by atoms with van der Waals surface area (Å²) in [4.78, 5) is 16.3. The highest BCUT2D eigenvalue weighted by atomic mass is 15.4. The molecule has 6 nitrogen and oxygen atoms in total. The van der Waals surface area contributed by atoms with Crippen LogP contribution in [-0.4, -0.2) is 145 Å². The monoisotopic (exact) mass is 573 g/mol. The number of fused-ring (bicyclic) bond motifs is 4. The molecule has 8 rings (SSSR count). The molecule has 0 spiro atoms. The van der Waals surface area contributed by atoms with Gasteiger partial charge in [-0.2, -0.15) is 0 Å². The summed E-state index contributed by atoms with van der Waals surface area (Å²) >= 11 is 0. The van der Waals surface area contributed by atoms with Gasteiger partial charge in [-0.3, -0.25) is 9.80 Å². The molecule has 7 heterocycles. The fourth-order valence-electron chi connectivity index (χ4n) is 9.35. The highest BCUT2D eigenvalue weighted by Gasteiger charge is 2.48. The summed E-state index contributed by atoms with van der Waals surface area (Å²) in [6.07, 6.45) is 8.43. The zero-order chi connectivity index (χ0) is 29.1. The van der Waals surface area contributed by atoms with Gasteiger partial charge in [-0.15, -0.1) is 0 Å². The molecule has 0 aromatic rings. The van der Waals surface area contributed by atoms with Crippen LogP contribution in [0.5, 0.6) is 0 Å². The maximum atomic E-state index is 2.80. The molecule has 4 bridgehead atoms. The molecule has 6 heteroatoms. The standard InChI is InChI=1S/C18H35N3.C17H33N3/c1-5-15(4)21-17-10-18(21)13-19(12-17)11-16-6-8-20(9-7-16)14(2)3;1-4-14(3)20-11-15-10-16(12-20)17(15)13-19-8-6-18(5-2)7-9-19/h14-18H,5-13H2,1-4H3;14-17H,4-13H2,1-3H3. The highest BCUT2D eigenvalue weighted by Crippen LogP contribution is 2.46. The van der Waals surface area contributed by atoms with Gasteiger partial charge in [-0.05, 0) is 110 Å². The van der Waals surface area contributed by atoms with Crippen LogP contribution < -0.4 is 0 Å². The lowest BCUT2D eigenvalue weighted by molar-refractivity contribution is -0.0967. The topological polar surface area (TPSA) is 19.4 Å². The third-order valence-corrected chi connectivity index (χ3v) is 12.7. The average molecular weight is 573 g/mol. The number of likely N-dealkylation sites (N-methyl/N-ethyl adjacent to an activating group) is 1. The van der Waals surface area contributed by atoms with Crippen LogP contribution in [0.1, 0.15) is 87.0 Å². The molecule has 7 aliphatic heterocycles. The molecule has 0 aromatic carbocycles. The molecule has 238 valence electrons. The minimum Gasteiger partial charge on any atom is -0.301 e. The zero-order valence-electron chi connectivity index (χ0n) is 28.3. The second-order valence-corrected chi connectivity index (χ2v) is 15.4. The van der Waals surface area contributed by atoms with E-state index in [-0.39, 0.29) is 0 Å². The van der Waals surface area contributed by atoms with Crippen molar-refractivity contribution in [3.05, 3.63) is 0 Å². The molecule has 1 aliphatic carbocycles. The maximum absolute atomic E-state index is 2.80. The van der Waals surface area contributed by atoms with Crippen molar-refractivity contribution in [2.24, 2.45) is 23.7 Å². The Morgan fingerprint density at radius 2 is 1.17 bits per heavy atom. The van der Waals surface area contributed by atoms with Gasteiger partial charge in [0.25, 0.3) is 0 Å². The number of piperidine rings is 4. The summed E-state index contributed by atoms with van der Waals surface area (Å²) in [6, 6.07) is 4.07. The Kier molecular flexibility index (Phi) is 11.5. The number of nitrogens with zero attached hydrogens (tertiary/aromatic N) is 6. The molecule has 7 saturated heterocycles. The van der Waals surface area contributed by atoms with Crippen LogP contribution in [0.15, 0.2) is 0 Å². The molecule has 0 aromatic heterocycles. The fraction of sp³-hybridized carbons (Fsp3) is 1.00. The maximum Gasteiger partial charge on any atom is 0.0244 e. The van der Waals surface area contributed by atoms with Crippen LogP contribution in [-0.2, 0) is 0 Å². The van der Waals surface area contributed by atoms with E-state index in [1.807, 2.05) is 0 Å². The average Bonchev–Trinajstić information content (AvgIpc) is 3.00. The van der Waals surface area contributed by atoms with E-state index in [9.17, 15) is 0 Å². The Morgan fingerprint density at radius 1 is 0.585 bits per heavy atom. The van der Waals surface area contributed by atoms with Crippen LogP contribution in [0.2, 0.25) is 0 Å². The summed E-state index contributed by atoms with van der Waals surface area (Å²) < 4.78 is 0. The second kappa shape index (κ2) is 14.7. The minimum atomic E-state index is 0.734. The molecule has 0 amide bonds. The molecule has 8 aliphatic rings. The quantitative estimate of drug-likeness (QED) is 0.377. The molecule has 6 unspecified atom stereocenters. The Morgan fingerprint density at radius 3 is 1.71 bits per heavy atom. The van der Waals surface area contributed by atoms with E-state index >= 15 is 0 Å². The SMILES string of the molecule is CCC(C)N1C2CC1CN(CC1CCN(C(C)C)CC1)C2.CCC(C)N1CC2CC(C1)C2CN1CCN(CC)CC1. The van der Waals surface area contributed by atoms with Crippen molar-refractivity contribution in [1.82, 2.24) is 29.4 Å². The van der Waals surface area contributed by atoms with Crippen molar-refractivity contribution in [1.29, 1.82) is 0 Å². The van der Waals surface area contributed by atoms with E-state index in [1.165, 1.54) is 124 Å². The van der Waals surface area contributed by atoms with E-state index in [0.717, 1.165) is 53.9 Å². The molecule has 8 fully saturated rings. The summed E-state index contributed by atoms with van der Waals surface area (Å²) in [5.41, 5.74) is 0. The third kappa shape index (κ3) is 7.71. The first-order chi connectivity index (χ1) is 19.8. The first kappa shape index (κ1) is 32.2. The van der Waals surface area contributed by atoms with Gasteiger partial charge in [0.2, 0.25) is 0 Å². The van der Waals surface area contributed by atoms with Gasteiger partial charge < -0.3 is 19.6 Å². The van der Waals surface area contributed by atoms with Crippen LogP contribution >= 0.6 is 0 Å². The van der Waals surface area contributed by atoms with Crippen LogP contribution in [0.25, 0.3) is 0 Å². The van der Waals surface area contributed by atoms with Gasteiger partial charge in [0.15, 0.2) is 0 Å². The fourth-order valence-corrected chi connectivity index (χ4v) is 9.35. The van der Waals surface area contributed by atoms with Crippen molar-refractivity contribution in [3.8, 4) is 0 Å². The second-order valence-electron chi connectivity index (χ2n) is 15.4. The Bertz CT molecular complexity index is 751. The summed E-state index contributed by atoms with van der Waals surface area (Å²) in [5.74, 6) is 3.98. The summed E-state index contributed by atoms with van der Waals surface area (Å²) in [7, 11) is 0. The predicted molar refractivity (Wildman–Crippen MR) is 175 cm³/mol. The Hall–Kier alpha value is -0.240. The number of hydrogen-bond donors (Lipinski definition) is 0. The largest absolute Gasteiger partial charge is 0.301 e. The molecular formula is C35H68N6. The Balaban J connectivity index is 0.000000165. The van der Waals surface area contributed by atoms with Crippen LogP contribution in [0, 0.1) is 23.7 Å². The van der Waals surface area contributed by atoms with Crippen molar-refractivity contribution >= 4 is 0 Å². The van der Waals surface area contributed by atoms with Crippen molar-refractivity contribution < 1.29 is 0 Å². The zero-order valence-corrected chi connectivity index (χ0v) is 28.3. The van der Waals surface area contributed by atoms with Crippen molar-refractivity contribution in [3.63, 3.8) is 0 Å². The van der Waals surface area contributed by atoms with Gasteiger partial charge in [-0.1, -0.05) is 20.8 Å². The lowest BCUT2D eigenvalue weighted by Gasteiger charge is -2.59. The Labute approximate surface area is 255 Å². The van der Waals surface area contributed by atoms with E-state index in [0.29, 0.717) is 0 Å². The molecule has 0 N–H and O–H groups in total. The molecule has 0 radical (unpaired) electrons. The number of likely N-dealkylation sites (tertiary alicyclic amines) is 1. The lowest BCUT2D eigenvalue weighted by atomic mass is 9.61. The number of hydrogen-bond acceptors (Lipinski definition) is 6. The summed E-state index contributed by atoms with van der Waals surface area (Å²) in [6.45, 7) is 33.7. The van der Waals surface area contributed by atoms with Crippen molar-refractivity contribution in [2.45, 2.75) is 117 Å². The minimum absolute atomic E-state index is 0.734. The predicted octanol–water partition coefficient (Wildman–Crippen LogP) is 4.65. The highest BCUT2D eigenvalue weighted by molar-refractivity contribution is 5.03. The van der Waals surface area contributed by atoms with Crippen LogP contribution in [0.4, 0.5) is 0 Å². The first-order valence-corrected chi connectivity index (χ1v) is 18.2. The van der Waals surface area contributed by atoms with E-state index in [4.69, 9.17) is 0 Å². The lowest BCUT2D eigenvalue weighted by Crippen LogP contribution is -2.70. The van der Waals surface area contributed by atoms with E-state index in [1.54, 1.807) is 0 Å². The van der Waals surface area contributed by atoms with Gasteiger partial charge in [-0.25, -0.2) is 0 Å². The van der Waals surface area contributed by atoms with Crippen molar-refractivity contribution in [2.75, 3.05) is 85.1 Å². The van der Waals surface area contributed by atoms with E-state index in [2.05, 4.69) is 77.9 Å². The van der Waals surface area contributed by atoms with Crippen LogP contribution in [0.3, 0.4) is 0 Å². The molecule has 6 atom stereocenters. The third-order valence-electron chi connectivity index (χ3n) is 12.7.